The fraction of sp³-hybridized carbons (Fsp3) is 0.414. The van der Waals surface area contributed by atoms with E-state index in [0.29, 0.717) is 19.6 Å². The molecule has 0 bridgehead atoms. The van der Waals surface area contributed by atoms with Gasteiger partial charge in [0.05, 0.1) is 26.4 Å². The molecule has 40 heavy (non-hydrogen) atoms. The number of H-pyrrole nitrogens is 1. The zero-order chi connectivity index (χ0) is 28.5. The van der Waals surface area contributed by atoms with Crippen LogP contribution in [-0.4, -0.2) is 88.8 Å². The minimum atomic E-state index is -1.01. The molecule has 2 heterocycles. The molecule has 212 valence electrons. The predicted molar refractivity (Wildman–Crippen MR) is 149 cm³/mol. The molecule has 2 atom stereocenters. The number of carbonyl (C=O) groups excluding carboxylic acids is 4. The molecule has 1 aliphatic heterocycles. The van der Waals surface area contributed by atoms with Crippen molar-refractivity contribution in [3.8, 4) is 0 Å². The minimum Gasteiger partial charge on any atom is -0.467 e. The van der Waals surface area contributed by atoms with Gasteiger partial charge in [-0.25, -0.2) is 9.78 Å². The molecule has 4 rings (SSSR count). The number of carbonyl (C=O) groups is 4. The summed E-state index contributed by atoms with van der Waals surface area (Å²) in [5.41, 5.74) is 1.82. The maximum absolute atomic E-state index is 13.2. The Morgan fingerprint density at radius 2 is 1.98 bits per heavy atom. The molecule has 0 radical (unpaired) electrons. The lowest BCUT2D eigenvalue weighted by Gasteiger charge is -2.31. The van der Waals surface area contributed by atoms with Crippen LogP contribution in [0.5, 0.6) is 0 Å². The number of imidazole rings is 1. The van der Waals surface area contributed by atoms with E-state index in [9.17, 15) is 19.2 Å². The van der Waals surface area contributed by atoms with Crippen molar-refractivity contribution in [1.82, 2.24) is 30.4 Å². The Kier molecular flexibility index (Phi) is 9.85. The van der Waals surface area contributed by atoms with Crippen molar-refractivity contribution in [3.63, 3.8) is 0 Å². The lowest BCUT2D eigenvalue weighted by molar-refractivity contribution is -0.145. The van der Waals surface area contributed by atoms with Gasteiger partial charge >= 0.3 is 5.97 Å². The van der Waals surface area contributed by atoms with Crippen LogP contribution in [0, 0.1) is 0 Å². The minimum absolute atomic E-state index is 0.00410. The van der Waals surface area contributed by atoms with Crippen molar-refractivity contribution in [2.24, 2.45) is 0 Å². The topological polar surface area (TPSA) is 137 Å². The van der Waals surface area contributed by atoms with Crippen molar-refractivity contribution in [2.75, 3.05) is 33.3 Å². The highest BCUT2D eigenvalue weighted by molar-refractivity contribution is 5.87. The van der Waals surface area contributed by atoms with Crippen molar-refractivity contribution in [2.45, 2.75) is 44.8 Å². The summed E-state index contributed by atoms with van der Waals surface area (Å²) in [4.78, 5) is 60.9. The molecule has 1 aliphatic rings. The molecule has 11 heteroatoms. The summed E-state index contributed by atoms with van der Waals surface area (Å²) in [6.45, 7) is 2.88. The first-order valence-electron chi connectivity index (χ1n) is 13.4. The number of hydrogen-bond acceptors (Lipinski definition) is 7. The van der Waals surface area contributed by atoms with Crippen LogP contribution in [0.1, 0.15) is 31.0 Å². The number of fused-ring (bicyclic) bond motifs is 1. The first kappa shape index (κ1) is 28.8. The number of nitrogens with one attached hydrogen (secondary N) is 3. The first-order chi connectivity index (χ1) is 19.3. The summed E-state index contributed by atoms with van der Waals surface area (Å²) in [6, 6.07) is 13.1. The van der Waals surface area contributed by atoms with Crippen molar-refractivity contribution < 1.29 is 23.9 Å². The van der Waals surface area contributed by atoms with Crippen LogP contribution in [0.3, 0.4) is 0 Å². The summed E-state index contributed by atoms with van der Waals surface area (Å²) >= 11 is 0. The number of nitrogens with zero attached hydrogens (tertiary/aromatic N) is 3. The molecule has 1 unspecified atom stereocenters. The molecule has 3 amide bonds. The summed E-state index contributed by atoms with van der Waals surface area (Å²) in [5, 5.41) is 7.45. The van der Waals surface area contributed by atoms with Gasteiger partial charge in [0.15, 0.2) is 0 Å². The summed E-state index contributed by atoms with van der Waals surface area (Å²) in [6.07, 6.45) is 5.16. The number of amides is 3. The molecule has 0 spiro atoms. The number of methoxy groups -OCH3 is 1. The fourth-order valence-corrected chi connectivity index (χ4v) is 5.18. The second kappa shape index (κ2) is 13.7. The van der Waals surface area contributed by atoms with Crippen LogP contribution in [-0.2, 0) is 36.9 Å². The SMILES string of the molecule is COC(=O)[C@H](CNC(C)=O)NC(=O)CN(Cc1cccc2ccccc12)CC1CCCN1C(=O)Cc1cnc[nH]1. The maximum Gasteiger partial charge on any atom is 0.330 e. The van der Waals surface area contributed by atoms with Crippen LogP contribution >= 0.6 is 0 Å². The molecule has 0 saturated carbocycles. The van der Waals surface area contributed by atoms with Crippen LogP contribution < -0.4 is 10.6 Å². The normalized spacial score (nSPS) is 15.7. The van der Waals surface area contributed by atoms with Crippen LogP contribution in [0.2, 0.25) is 0 Å². The number of rotatable bonds is 12. The van der Waals surface area contributed by atoms with Crippen molar-refractivity contribution >= 4 is 34.5 Å². The quantitative estimate of drug-likeness (QED) is 0.291. The van der Waals surface area contributed by atoms with Gasteiger partial charge in [0.2, 0.25) is 17.7 Å². The molecule has 1 aromatic heterocycles. The van der Waals surface area contributed by atoms with E-state index in [-0.39, 0.29) is 43.3 Å². The van der Waals surface area contributed by atoms with Gasteiger partial charge in [-0.2, -0.15) is 0 Å². The maximum atomic E-state index is 13.2. The van der Waals surface area contributed by atoms with Gasteiger partial charge in [-0.05, 0) is 29.2 Å². The number of benzene rings is 2. The highest BCUT2D eigenvalue weighted by Gasteiger charge is 2.31. The second-order valence-corrected chi connectivity index (χ2v) is 10.0. The van der Waals surface area contributed by atoms with E-state index in [0.717, 1.165) is 34.9 Å². The number of hydrogen-bond donors (Lipinski definition) is 3. The van der Waals surface area contributed by atoms with Crippen LogP contribution in [0.4, 0.5) is 0 Å². The van der Waals surface area contributed by atoms with Gasteiger partial charge in [-0.3, -0.25) is 19.3 Å². The molecule has 2 aromatic carbocycles. The molecule has 11 nitrogen and oxygen atoms in total. The van der Waals surface area contributed by atoms with E-state index in [4.69, 9.17) is 4.74 Å². The third kappa shape index (κ3) is 7.66. The van der Waals surface area contributed by atoms with Gasteiger partial charge < -0.3 is 25.3 Å². The van der Waals surface area contributed by atoms with Gasteiger partial charge in [-0.15, -0.1) is 0 Å². The lowest BCUT2D eigenvalue weighted by atomic mass is 10.0. The number of aromatic nitrogens is 2. The Bertz CT molecular complexity index is 1320. The van der Waals surface area contributed by atoms with E-state index in [2.05, 4.69) is 26.7 Å². The Hall–Kier alpha value is -4.25. The zero-order valence-corrected chi connectivity index (χ0v) is 22.9. The number of ether oxygens (including phenoxy) is 1. The number of aromatic amines is 1. The monoisotopic (exact) mass is 548 g/mol. The number of esters is 1. The van der Waals surface area contributed by atoms with Gasteiger partial charge in [0, 0.05) is 51.0 Å². The second-order valence-electron chi connectivity index (χ2n) is 10.0. The Balaban J connectivity index is 1.52. The molecule has 1 saturated heterocycles. The van der Waals surface area contributed by atoms with Crippen LogP contribution in [0.15, 0.2) is 55.0 Å². The summed E-state index contributed by atoms with van der Waals surface area (Å²) in [5.74, 6) is -1.33. The van der Waals surface area contributed by atoms with Gasteiger partial charge in [-0.1, -0.05) is 42.5 Å². The smallest absolute Gasteiger partial charge is 0.330 e. The van der Waals surface area contributed by atoms with E-state index in [1.165, 1.54) is 14.0 Å². The molecule has 3 N–H and O–H groups in total. The summed E-state index contributed by atoms with van der Waals surface area (Å²) < 4.78 is 4.82. The highest BCUT2D eigenvalue weighted by Crippen LogP contribution is 2.23. The van der Waals surface area contributed by atoms with E-state index >= 15 is 0 Å². The standard InChI is InChI=1S/C29H36N6O5/c1-20(36)31-15-26(29(39)40-2)33-27(37)18-34(16-22-9-5-8-21-7-3-4-11-25(21)22)17-24-10-6-12-35(24)28(38)13-23-14-30-19-32-23/h3-5,7-9,11,14,19,24,26H,6,10,12-13,15-18H2,1-2H3,(H,30,32)(H,31,36)(H,33,37)/t24?,26-/m0/s1. The Morgan fingerprint density at radius 1 is 1.18 bits per heavy atom. The lowest BCUT2D eigenvalue weighted by Crippen LogP contribution is -2.52. The fourth-order valence-electron chi connectivity index (χ4n) is 5.18. The molecular formula is C29H36N6O5. The zero-order valence-electron chi connectivity index (χ0n) is 22.9. The third-order valence-electron chi connectivity index (χ3n) is 7.08. The molecule has 0 aliphatic carbocycles. The third-order valence-corrected chi connectivity index (χ3v) is 7.08. The van der Waals surface area contributed by atoms with E-state index in [1.54, 1.807) is 12.5 Å². The largest absolute Gasteiger partial charge is 0.467 e. The molecule has 1 fully saturated rings. The average molecular weight is 549 g/mol. The highest BCUT2D eigenvalue weighted by atomic mass is 16.5. The average Bonchev–Trinajstić information content (AvgIpc) is 3.63. The summed E-state index contributed by atoms with van der Waals surface area (Å²) in [7, 11) is 1.23. The van der Waals surface area contributed by atoms with Crippen LogP contribution in [0.25, 0.3) is 10.8 Å². The van der Waals surface area contributed by atoms with Gasteiger partial charge in [0.1, 0.15) is 6.04 Å². The van der Waals surface area contributed by atoms with E-state index in [1.807, 2.05) is 46.2 Å². The molecule has 3 aromatic rings. The first-order valence-corrected chi connectivity index (χ1v) is 13.4. The van der Waals surface area contributed by atoms with Crippen molar-refractivity contribution in [3.05, 3.63) is 66.2 Å². The van der Waals surface area contributed by atoms with Gasteiger partial charge in [0.25, 0.3) is 0 Å². The number of likely N-dealkylation sites (tertiary alicyclic amines) is 1. The Labute approximate surface area is 233 Å². The Morgan fingerprint density at radius 3 is 2.73 bits per heavy atom. The molecular weight excluding hydrogens is 512 g/mol. The van der Waals surface area contributed by atoms with Crippen molar-refractivity contribution in [1.29, 1.82) is 0 Å². The van der Waals surface area contributed by atoms with E-state index < -0.39 is 12.0 Å². The predicted octanol–water partition coefficient (Wildman–Crippen LogP) is 1.39.